The van der Waals surface area contributed by atoms with E-state index in [4.69, 9.17) is 10.00 Å². The van der Waals surface area contributed by atoms with Crippen LogP contribution in [0, 0.1) is 11.3 Å². The highest BCUT2D eigenvalue weighted by Crippen LogP contribution is 2.31. The lowest BCUT2D eigenvalue weighted by Crippen LogP contribution is -2.22. The molecule has 0 aliphatic carbocycles. The van der Waals surface area contributed by atoms with Gasteiger partial charge in [-0.3, -0.25) is 4.72 Å². The van der Waals surface area contributed by atoms with Crippen LogP contribution in [-0.2, 0) is 21.3 Å². The lowest BCUT2D eigenvalue weighted by atomic mass is 10.3. The molecule has 0 aliphatic rings. The number of nitrogens with one attached hydrogen (secondary N) is 1. The smallest absolute Gasteiger partial charge is 0.462 e. The highest BCUT2D eigenvalue weighted by Gasteiger charge is 2.34. The number of esters is 1. The third kappa shape index (κ3) is 5.61. The first-order valence-corrected chi connectivity index (χ1v) is 9.55. The van der Waals surface area contributed by atoms with Crippen LogP contribution in [0.3, 0.4) is 0 Å². The molecule has 1 heterocycles. The molecule has 0 bridgehead atoms. The highest BCUT2D eigenvalue weighted by atomic mass is 32.2. The van der Waals surface area contributed by atoms with Crippen LogP contribution < -0.4 is 9.46 Å². The first-order chi connectivity index (χ1) is 13.6. The predicted octanol–water partition coefficient (Wildman–Crippen LogP) is 2.67. The van der Waals surface area contributed by atoms with Crippen LogP contribution in [-0.4, -0.2) is 37.1 Å². The van der Waals surface area contributed by atoms with Gasteiger partial charge in [-0.2, -0.15) is 10.4 Å². The molecule has 0 atom stereocenters. The molecule has 0 saturated carbocycles. The number of para-hydroxylation sites is 1. The second-order valence-corrected chi connectivity index (χ2v) is 7.01. The van der Waals surface area contributed by atoms with Gasteiger partial charge in [0.1, 0.15) is 16.2 Å². The Balaban J connectivity index is 2.48. The maximum absolute atomic E-state index is 12.7. The van der Waals surface area contributed by atoms with Crippen molar-refractivity contribution in [2.45, 2.75) is 31.1 Å². The van der Waals surface area contributed by atoms with Crippen LogP contribution in [0.1, 0.15) is 23.7 Å². The zero-order valence-electron chi connectivity index (χ0n) is 14.9. The van der Waals surface area contributed by atoms with E-state index in [1.165, 1.54) is 19.1 Å². The number of alkyl halides is 3. The maximum atomic E-state index is 12.7. The molecule has 0 fully saturated rings. The molecular weight excluding hydrogens is 417 g/mol. The summed E-state index contributed by atoms with van der Waals surface area (Å²) in [6.07, 6.45) is -4.14. The van der Waals surface area contributed by atoms with Gasteiger partial charge >= 0.3 is 12.3 Å². The molecule has 0 amide bonds. The number of nitriles is 1. The molecule has 1 aromatic heterocycles. The fourth-order valence-electron chi connectivity index (χ4n) is 2.24. The SMILES string of the molecule is CCOC(=O)c1cnn(CCC#N)c1NS(=O)(=O)c1ccccc1OC(F)(F)F. The van der Waals surface area contributed by atoms with E-state index in [1.807, 2.05) is 10.8 Å². The Labute approximate surface area is 163 Å². The number of aromatic nitrogens is 2. The van der Waals surface area contributed by atoms with Crippen molar-refractivity contribution in [1.82, 2.24) is 9.78 Å². The van der Waals surface area contributed by atoms with Crippen LogP contribution in [0.2, 0.25) is 0 Å². The van der Waals surface area contributed by atoms with Gasteiger partial charge in [0.15, 0.2) is 5.82 Å². The number of aryl methyl sites for hydroxylation is 1. The number of benzene rings is 1. The van der Waals surface area contributed by atoms with Gasteiger partial charge in [-0.1, -0.05) is 12.1 Å². The number of carbonyl (C=O) groups is 1. The van der Waals surface area contributed by atoms with Crippen molar-refractivity contribution in [2.24, 2.45) is 0 Å². The van der Waals surface area contributed by atoms with Crippen molar-refractivity contribution < 1.29 is 35.9 Å². The number of halogens is 3. The number of sulfonamides is 1. The molecule has 2 aromatic rings. The minimum Gasteiger partial charge on any atom is -0.462 e. The monoisotopic (exact) mass is 432 g/mol. The van der Waals surface area contributed by atoms with Gasteiger partial charge in [0.2, 0.25) is 0 Å². The molecule has 0 spiro atoms. The molecule has 13 heteroatoms. The summed E-state index contributed by atoms with van der Waals surface area (Å²) >= 11 is 0. The minimum atomic E-state index is -5.11. The Morgan fingerprint density at radius 3 is 2.66 bits per heavy atom. The second-order valence-electron chi connectivity index (χ2n) is 5.36. The van der Waals surface area contributed by atoms with Crippen molar-refractivity contribution >= 4 is 21.8 Å². The van der Waals surface area contributed by atoms with Crippen LogP contribution in [0.5, 0.6) is 5.75 Å². The zero-order valence-corrected chi connectivity index (χ0v) is 15.7. The molecule has 1 aromatic carbocycles. The Kier molecular flexibility index (Phi) is 6.70. The summed E-state index contributed by atoms with van der Waals surface area (Å²) in [6.45, 7) is 1.46. The van der Waals surface area contributed by atoms with E-state index >= 15 is 0 Å². The van der Waals surface area contributed by atoms with Crippen LogP contribution in [0.15, 0.2) is 35.4 Å². The molecule has 156 valence electrons. The van der Waals surface area contributed by atoms with Crippen molar-refractivity contribution in [1.29, 1.82) is 5.26 Å². The number of rotatable bonds is 8. The van der Waals surface area contributed by atoms with Gasteiger partial charge < -0.3 is 9.47 Å². The third-order valence-corrected chi connectivity index (χ3v) is 4.74. The van der Waals surface area contributed by atoms with Crippen molar-refractivity contribution in [3.8, 4) is 11.8 Å². The third-order valence-electron chi connectivity index (χ3n) is 3.37. The lowest BCUT2D eigenvalue weighted by Gasteiger charge is -2.15. The quantitative estimate of drug-likeness (QED) is 0.636. The molecule has 0 saturated heterocycles. The summed E-state index contributed by atoms with van der Waals surface area (Å²) in [5, 5.41) is 12.6. The van der Waals surface area contributed by atoms with Crippen molar-refractivity contribution in [3.05, 3.63) is 36.0 Å². The van der Waals surface area contributed by atoms with Gasteiger partial charge in [0.05, 0.1) is 31.8 Å². The van der Waals surface area contributed by atoms with E-state index in [2.05, 4.69) is 9.84 Å². The van der Waals surface area contributed by atoms with Crippen molar-refractivity contribution in [3.63, 3.8) is 0 Å². The molecule has 9 nitrogen and oxygen atoms in total. The topological polar surface area (TPSA) is 123 Å². The molecule has 29 heavy (non-hydrogen) atoms. The van der Waals surface area contributed by atoms with E-state index in [1.54, 1.807) is 0 Å². The van der Waals surface area contributed by atoms with Gasteiger partial charge in [0.25, 0.3) is 10.0 Å². The Hall–Kier alpha value is -3.27. The Morgan fingerprint density at radius 2 is 2.03 bits per heavy atom. The predicted molar refractivity (Wildman–Crippen MR) is 92.3 cm³/mol. The summed E-state index contributed by atoms with van der Waals surface area (Å²) < 4.78 is 75.0. The average Bonchev–Trinajstić information content (AvgIpc) is 3.01. The van der Waals surface area contributed by atoms with Crippen LogP contribution in [0.4, 0.5) is 19.0 Å². The number of hydrogen-bond donors (Lipinski definition) is 1. The van der Waals surface area contributed by atoms with E-state index in [9.17, 15) is 26.4 Å². The Bertz CT molecular complexity index is 1030. The van der Waals surface area contributed by atoms with Gasteiger partial charge in [-0.25, -0.2) is 17.9 Å². The molecule has 0 radical (unpaired) electrons. The maximum Gasteiger partial charge on any atom is 0.573 e. The molecule has 2 rings (SSSR count). The largest absolute Gasteiger partial charge is 0.573 e. The highest BCUT2D eigenvalue weighted by molar-refractivity contribution is 7.92. The van der Waals surface area contributed by atoms with Crippen LogP contribution in [0.25, 0.3) is 0 Å². The zero-order chi connectivity index (χ0) is 21.7. The molecule has 0 unspecified atom stereocenters. The lowest BCUT2D eigenvalue weighted by molar-refractivity contribution is -0.275. The number of nitrogens with zero attached hydrogens (tertiary/aromatic N) is 3. The van der Waals surface area contributed by atoms with Gasteiger partial charge in [0, 0.05) is 0 Å². The number of anilines is 1. The average molecular weight is 432 g/mol. The summed E-state index contributed by atoms with van der Waals surface area (Å²) in [6, 6.07) is 5.95. The molecule has 1 N–H and O–H groups in total. The molecule has 0 aliphatic heterocycles. The number of ether oxygens (including phenoxy) is 2. The normalized spacial score (nSPS) is 11.6. The fourth-order valence-corrected chi connectivity index (χ4v) is 3.45. The summed E-state index contributed by atoms with van der Waals surface area (Å²) in [7, 11) is -4.63. The summed E-state index contributed by atoms with van der Waals surface area (Å²) in [4.78, 5) is 11.3. The van der Waals surface area contributed by atoms with Crippen molar-refractivity contribution in [2.75, 3.05) is 11.3 Å². The first kappa shape index (κ1) is 22.0. The summed E-state index contributed by atoms with van der Waals surface area (Å²) in [5.41, 5.74) is -0.261. The minimum absolute atomic E-state index is 0.00332. The van der Waals surface area contributed by atoms with E-state index in [0.29, 0.717) is 0 Å². The standard InChI is InChI=1S/C16H15F3N4O5S/c1-2-27-15(24)11-10-21-23(9-5-8-20)14(11)22-29(25,26)13-7-4-3-6-12(13)28-16(17,18)19/h3-4,6-7,10,22H,2,5,9H2,1H3. The second kappa shape index (κ2) is 8.82. The van der Waals surface area contributed by atoms with E-state index < -0.39 is 33.0 Å². The van der Waals surface area contributed by atoms with Gasteiger partial charge in [-0.05, 0) is 19.1 Å². The number of carbonyl (C=O) groups excluding carboxylic acids is 1. The fraction of sp³-hybridized carbons (Fsp3) is 0.312. The molecular formula is C16H15F3N4O5S. The van der Waals surface area contributed by atoms with Gasteiger partial charge in [-0.15, -0.1) is 13.2 Å². The van der Waals surface area contributed by atoms with Crippen LogP contribution >= 0.6 is 0 Å². The van der Waals surface area contributed by atoms with E-state index in [0.717, 1.165) is 23.0 Å². The van der Waals surface area contributed by atoms with E-state index in [-0.39, 0.29) is 31.0 Å². The number of hydrogen-bond acceptors (Lipinski definition) is 7. The Morgan fingerprint density at radius 1 is 1.34 bits per heavy atom. The first-order valence-electron chi connectivity index (χ1n) is 8.06. The summed E-state index contributed by atoms with van der Waals surface area (Å²) in [5.74, 6) is -2.19.